The highest BCUT2D eigenvalue weighted by molar-refractivity contribution is 6.00. The molecule has 1 aliphatic heterocycles. The van der Waals surface area contributed by atoms with E-state index in [0.29, 0.717) is 36.5 Å². The molecule has 0 spiro atoms. The molecule has 2 aliphatic rings. The number of hydrogen-bond donors (Lipinski definition) is 1. The van der Waals surface area contributed by atoms with Gasteiger partial charge in [-0.2, -0.15) is 5.26 Å². The summed E-state index contributed by atoms with van der Waals surface area (Å²) in [5.41, 5.74) is 8.28. The SMILES string of the molecule is COCc1cc([C@@H]2C(C#N)=C(N)OC3=C2C(=O)CC(C)(C)C3)ccc1OC. The number of benzene rings is 1. The lowest BCUT2D eigenvalue weighted by Crippen LogP contribution is -2.33. The Morgan fingerprint density at radius 1 is 1.33 bits per heavy atom. The molecule has 3 rings (SSSR count). The van der Waals surface area contributed by atoms with Crippen LogP contribution in [0.3, 0.4) is 0 Å². The molecule has 0 saturated heterocycles. The van der Waals surface area contributed by atoms with Crippen molar-refractivity contribution in [2.45, 2.75) is 39.2 Å². The number of Topliss-reactive ketones (excluding diaryl/α,β-unsaturated/α-hetero) is 1. The molecule has 0 saturated carbocycles. The van der Waals surface area contributed by atoms with Crippen molar-refractivity contribution in [3.8, 4) is 11.8 Å². The number of allylic oxidation sites excluding steroid dienone is 3. The van der Waals surface area contributed by atoms with Gasteiger partial charge < -0.3 is 19.9 Å². The Balaban J connectivity index is 2.17. The largest absolute Gasteiger partial charge is 0.496 e. The van der Waals surface area contributed by atoms with E-state index >= 15 is 0 Å². The predicted molar refractivity (Wildman–Crippen MR) is 99.4 cm³/mol. The number of methoxy groups -OCH3 is 2. The van der Waals surface area contributed by atoms with E-state index in [2.05, 4.69) is 6.07 Å². The number of hydrogen-bond acceptors (Lipinski definition) is 6. The molecule has 27 heavy (non-hydrogen) atoms. The summed E-state index contributed by atoms with van der Waals surface area (Å²) in [6, 6.07) is 7.72. The topological polar surface area (TPSA) is 94.6 Å². The summed E-state index contributed by atoms with van der Waals surface area (Å²) in [6.45, 7) is 4.40. The van der Waals surface area contributed by atoms with Crippen molar-refractivity contribution in [3.63, 3.8) is 0 Å². The third kappa shape index (κ3) is 3.43. The van der Waals surface area contributed by atoms with Gasteiger partial charge in [0.25, 0.3) is 0 Å². The van der Waals surface area contributed by atoms with Gasteiger partial charge in [-0.05, 0) is 23.1 Å². The number of rotatable bonds is 4. The minimum absolute atomic E-state index is 0.00407. The molecule has 2 N–H and O–H groups in total. The smallest absolute Gasteiger partial charge is 0.205 e. The van der Waals surface area contributed by atoms with E-state index in [0.717, 1.165) is 11.1 Å². The van der Waals surface area contributed by atoms with Crippen LogP contribution in [-0.4, -0.2) is 20.0 Å². The molecule has 6 heteroatoms. The Morgan fingerprint density at radius 2 is 2.07 bits per heavy atom. The Morgan fingerprint density at radius 3 is 2.70 bits per heavy atom. The first-order chi connectivity index (χ1) is 12.8. The average Bonchev–Trinajstić information content (AvgIpc) is 2.59. The molecule has 0 amide bonds. The molecule has 1 heterocycles. The molecule has 1 aromatic carbocycles. The fraction of sp³-hybridized carbons (Fsp3) is 0.429. The second-order valence-electron chi connectivity index (χ2n) is 7.71. The third-order valence-corrected chi connectivity index (χ3v) is 5.01. The van der Waals surface area contributed by atoms with Crippen LogP contribution in [0.5, 0.6) is 5.75 Å². The van der Waals surface area contributed by atoms with E-state index < -0.39 is 5.92 Å². The van der Waals surface area contributed by atoms with E-state index in [1.807, 2.05) is 32.0 Å². The normalized spacial score (nSPS) is 21.4. The zero-order chi connectivity index (χ0) is 19.8. The van der Waals surface area contributed by atoms with Crippen molar-refractivity contribution in [3.05, 3.63) is 52.1 Å². The summed E-state index contributed by atoms with van der Waals surface area (Å²) in [7, 11) is 3.20. The molecule has 0 unspecified atom stereocenters. The Bertz CT molecular complexity index is 890. The monoisotopic (exact) mass is 368 g/mol. The van der Waals surface area contributed by atoms with Gasteiger partial charge in [-0.15, -0.1) is 0 Å². The first-order valence-electron chi connectivity index (χ1n) is 8.81. The highest BCUT2D eigenvalue weighted by atomic mass is 16.5. The van der Waals surface area contributed by atoms with Gasteiger partial charge >= 0.3 is 0 Å². The highest BCUT2D eigenvalue weighted by Gasteiger charge is 2.43. The second kappa shape index (κ2) is 7.09. The molecule has 0 aromatic heterocycles. The van der Waals surface area contributed by atoms with E-state index in [4.69, 9.17) is 19.9 Å². The van der Waals surface area contributed by atoms with E-state index in [-0.39, 0.29) is 22.7 Å². The Labute approximate surface area is 159 Å². The molecule has 1 aromatic rings. The molecule has 1 atom stereocenters. The summed E-state index contributed by atoms with van der Waals surface area (Å²) >= 11 is 0. The molecule has 0 fully saturated rings. The maximum atomic E-state index is 13.0. The van der Waals surface area contributed by atoms with Gasteiger partial charge in [0.2, 0.25) is 5.88 Å². The molecular weight excluding hydrogens is 344 g/mol. The van der Waals surface area contributed by atoms with Gasteiger partial charge in [0, 0.05) is 31.1 Å². The lowest BCUT2D eigenvalue weighted by molar-refractivity contribution is -0.119. The first kappa shape index (κ1) is 19.0. The van der Waals surface area contributed by atoms with Gasteiger partial charge in [-0.3, -0.25) is 4.79 Å². The van der Waals surface area contributed by atoms with Crippen LogP contribution in [0.4, 0.5) is 0 Å². The first-order valence-corrected chi connectivity index (χ1v) is 8.81. The molecule has 0 radical (unpaired) electrons. The van der Waals surface area contributed by atoms with E-state index in [1.54, 1.807) is 14.2 Å². The maximum absolute atomic E-state index is 13.0. The standard InChI is InChI=1S/C21H24N2O4/c1-21(2)8-15(24)19-17(9-21)27-20(23)14(10-22)18(19)12-5-6-16(26-4)13(7-12)11-25-3/h5-7,18H,8-9,11,23H2,1-4H3/t18-/m1/s1. The van der Waals surface area contributed by atoms with Crippen molar-refractivity contribution in [1.29, 1.82) is 5.26 Å². The van der Waals surface area contributed by atoms with Crippen LogP contribution < -0.4 is 10.5 Å². The van der Waals surface area contributed by atoms with Crippen molar-refractivity contribution in [1.82, 2.24) is 0 Å². The van der Waals surface area contributed by atoms with Gasteiger partial charge in [0.1, 0.15) is 23.2 Å². The summed E-state index contributed by atoms with van der Waals surface area (Å²) < 4.78 is 16.4. The minimum Gasteiger partial charge on any atom is -0.496 e. The predicted octanol–water partition coefficient (Wildman–Crippen LogP) is 3.29. The van der Waals surface area contributed by atoms with Crippen molar-refractivity contribution in [2.75, 3.05) is 14.2 Å². The third-order valence-electron chi connectivity index (χ3n) is 5.01. The van der Waals surface area contributed by atoms with Gasteiger partial charge in [-0.25, -0.2) is 0 Å². The molecule has 1 aliphatic carbocycles. The summed E-state index contributed by atoms with van der Waals surface area (Å²) in [5, 5.41) is 9.69. The number of carbonyl (C=O) groups is 1. The van der Waals surface area contributed by atoms with Crippen LogP contribution in [-0.2, 0) is 20.9 Å². The highest BCUT2D eigenvalue weighted by Crippen LogP contribution is 2.48. The van der Waals surface area contributed by atoms with E-state index in [1.165, 1.54) is 0 Å². The second-order valence-corrected chi connectivity index (χ2v) is 7.71. The van der Waals surface area contributed by atoms with Gasteiger partial charge in [0.15, 0.2) is 5.78 Å². The lowest BCUT2D eigenvalue weighted by Gasteiger charge is -2.37. The molecular formula is C21H24N2O4. The van der Waals surface area contributed by atoms with Gasteiger partial charge in [-0.1, -0.05) is 19.9 Å². The summed E-state index contributed by atoms with van der Waals surface area (Å²) in [4.78, 5) is 13.0. The fourth-order valence-electron chi connectivity index (χ4n) is 3.86. The van der Waals surface area contributed by atoms with Crippen molar-refractivity contribution >= 4 is 5.78 Å². The van der Waals surface area contributed by atoms with Crippen LogP contribution in [0.1, 0.15) is 43.7 Å². The summed E-state index contributed by atoms with van der Waals surface area (Å²) in [5.74, 6) is 0.783. The molecule has 6 nitrogen and oxygen atoms in total. The minimum atomic E-state index is -0.538. The van der Waals surface area contributed by atoms with Crippen molar-refractivity contribution in [2.24, 2.45) is 11.1 Å². The van der Waals surface area contributed by atoms with Crippen LogP contribution >= 0.6 is 0 Å². The zero-order valence-corrected chi connectivity index (χ0v) is 16.1. The zero-order valence-electron chi connectivity index (χ0n) is 16.1. The number of carbonyl (C=O) groups excluding carboxylic acids is 1. The average molecular weight is 368 g/mol. The number of nitriles is 1. The maximum Gasteiger partial charge on any atom is 0.205 e. The molecule has 0 bridgehead atoms. The quantitative estimate of drug-likeness (QED) is 0.876. The van der Waals surface area contributed by atoms with Gasteiger partial charge in [0.05, 0.1) is 19.6 Å². The fourth-order valence-corrected chi connectivity index (χ4v) is 3.86. The number of nitrogens with two attached hydrogens (primary N) is 1. The van der Waals surface area contributed by atoms with Crippen LogP contribution in [0.2, 0.25) is 0 Å². The Kier molecular flexibility index (Phi) is 4.99. The summed E-state index contributed by atoms with van der Waals surface area (Å²) in [6.07, 6.45) is 1.01. The van der Waals surface area contributed by atoms with Crippen LogP contribution in [0.15, 0.2) is 41.0 Å². The van der Waals surface area contributed by atoms with E-state index in [9.17, 15) is 10.1 Å². The Hall–Kier alpha value is -2.78. The number of ether oxygens (including phenoxy) is 3. The number of ketones is 1. The number of nitrogens with zero attached hydrogens (tertiary/aromatic N) is 1. The van der Waals surface area contributed by atoms with Crippen LogP contribution in [0, 0.1) is 16.7 Å². The lowest BCUT2D eigenvalue weighted by atomic mass is 9.70. The van der Waals surface area contributed by atoms with Crippen LogP contribution in [0.25, 0.3) is 0 Å². The molecule has 142 valence electrons. The van der Waals surface area contributed by atoms with Crippen molar-refractivity contribution < 1.29 is 19.0 Å².